The van der Waals surface area contributed by atoms with Crippen LogP contribution >= 0.6 is 0 Å². The zero-order valence-corrected chi connectivity index (χ0v) is 9.95. The van der Waals surface area contributed by atoms with E-state index in [0.717, 1.165) is 12.5 Å². The predicted octanol–water partition coefficient (Wildman–Crippen LogP) is 3.59. The Morgan fingerprint density at radius 1 is 1.33 bits per heavy atom. The molecule has 1 fully saturated rings. The van der Waals surface area contributed by atoms with Gasteiger partial charge in [0.1, 0.15) is 0 Å². The lowest BCUT2D eigenvalue weighted by molar-refractivity contribution is 0.307. The summed E-state index contributed by atoms with van der Waals surface area (Å²) in [6, 6.07) is 2.16. The van der Waals surface area contributed by atoms with Crippen LogP contribution in [0.3, 0.4) is 0 Å². The largest absolute Gasteiger partial charge is 0.272 e. The van der Waals surface area contributed by atoms with E-state index >= 15 is 0 Å². The van der Waals surface area contributed by atoms with E-state index in [1.807, 2.05) is 0 Å². The first-order valence-electron chi connectivity index (χ1n) is 6.29. The molecule has 0 N–H and O–H groups in total. The fraction of sp³-hybridized carbons (Fsp3) is 0.769. The van der Waals surface area contributed by atoms with Crippen LogP contribution in [0.25, 0.3) is 0 Å². The van der Waals surface area contributed by atoms with E-state index < -0.39 is 0 Å². The number of nitrogens with zero attached hydrogens (tertiary/aromatic N) is 2. The summed E-state index contributed by atoms with van der Waals surface area (Å²) in [4.78, 5) is 0. The molecule has 0 saturated heterocycles. The Balaban J connectivity index is 1.91. The first-order chi connectivity index (χ1) is 7.25. The van der Waals surface area contributed by atoms with Gasteiger partial charge in [0.15, 0.2) is 0 Å². The molecule has 0 radical (unpaired) electrons. The van der Waals surface area contributed by atoms with Gasteiger partial charge in [-0.05, 0) is 30.7 Å². The maximum Gasteiger partial charge on any atom is 0.0649 e. The summed E-state index contributed by atoms with van der Waals surface area (Å²) >= 11 is 0. The summed E-state index contributed by atoms with van der Waals surface area (Å²) in [6.07, 6.45) is 9.22. The van der Waals surface area contributed by atoms with Crippen molar-refractivity contribution in [3.8, 4) is 0 Å². The Labute approximate surface area is 92.7 Å². The van der Waals surface area contributed by atoms with Crippen LogP contribution in [0.4, 0.5) is 0 Å². The first-order valence-corrected chi connectivity index (χ1v) is 6.29. The second kappa shape index (κ2) is 4.82. The second-order valence-corrected chi connectivity index (χ2v) is 5.12. The molecule has 0 bridgehead atoms. The molecule has 0 atom stereocenters. The van der Waals surface area contributed by atoms with Gasteiger partial charge in [-0.2, -0.15) is 5.10 Å². The molecular weight excluding hydrogens is 184 g/mol. The quantitative estimate of drug-likeness (QED) is 0.739. The van der Waals surface area contributed by atoms with Crippen LogP contribution in [-0.4, -0.2) is 9.78 Å². The van der Waals surface area contributed by atoms with E-state index in [-0.39, 0.29) is 0 Å². The van der Waals surface area contributed by atoms with Crippen molar-refractivity contribution in [2.45, 2.75) is 58.4 Å². The highest BCUT2D eigenvalue weighted by Gasteiger charge is 2.14. The van der Waals surface area contributed by atoms with E-state index in [4.69, 9.17) is 0 Å². The topological polar surface area (TPSA) is 17.8 Å². The molecule has 0 spiro atoms. The Bertz CT molecular complexity index is 295. The van der Waals surface area contributed by atoms with Crippen molar-refractivity contribution >= 4 is 0 Å². The van der Waals surface area contributed by atoms with Crippen LogP contribution in [0.15, 0.2) is 12.3 Å². The van der Waals surface area contributed by atoms with Crippen molar-refractivity contribution < 1.29 is 0 Å². The van der Waals surface area contributed by atoms with Crippen molar-refractivity contribution in [1.82, 2.24) is 9.78 Å². The molecule has 0 aliphatic heterocycles. The highest BCUT2D eigenvalue weighted by molar-refractivity contribution is 5.03. The minimum absolute atomic E-state index is 0.553. The minimum Gasteiger partial charge on any atom is -0.272 e. The van der Waals surface area contributed by atoms with E-state index in [9.17, 15) is 0 Å². The summed E-state index contributed by atoms with van der Waals surface area (Å²) in [5.41, 5.74) is 1.23. The number of aromatic nitrogens is 2. The molecule has 2 heteroatoms. The van der Waals surface area contributed by atoms with Gasteiger partial charge in [0.2, 0.25) is 0 Å². The van der Waals surface area contributed by atoms with Crippen molar-refractivity contribution in [3.05, 3.63) is 18.0 Å². The third-order valence-corrected chi connectivity index (χ3v) is 3.42. The Kier molecular flexibility index (Phi) is 3.45. The number of rotatable bonds is 3. The fourth-order valence-electron chi connectivity index (χ4n) is 2.42. The van der Waals surface area contributed by atoms with Gasteiger partial charge in [-0.3, -0.25) is 4.68 Å². The molecule has 84 valence electrons. The smallest absolute Gasteiger partial charge is 0.0649 e. The summed E-state index contributed by atoms with van der Waals surface area (Å²) in [7, 11) is 0. The highest BCUT2D eigenvalue weighted by atomic mass is 15.3. The molecule has 1 aliphatic rings. The van der Waals surface area contributed by atoms with E-state index in [1.54, 1.807) is 0 Å². The molecule has 0 aromatic carbocycles. The molecule has 1 aromatic heterocycles. The molecule has 1 aliphatic carbocycles. The lowest BCUT2D eigenvalue weighted by atomic mass is 9.89. The average molecular weight is 206 g/mol. The van der Waals surface area contributed by atoms with Crippen molar-refractivity contribution in [1.29, 1.82) is 0 Å². The van der Waals surface area contributed by atoms with Gasteiger partial charge in [-0.25, -0.2) is 0 Å². The molecular formula is C13H22N2. The third kappa shape index (κ3) is 2.83. The van der Waals surface area contributed by atoms with Gasteiger partial charge in [-0.15, -0.1) is 0 Å². The van der Waals surface area contributed by atoms with Crippen LogP contribution in [-0.2, 0) is 6.54 Å². The Hall–Kier alpha value is -0.790. The number of hydrogen-bond donors (Lipinski definition) is 0. The van der Waals surface area contributed by atoms with Crippen LogP contribution in [0.1, 0.15) is 57.6 Å². The standard InChI is InChI=1S/C13H22N2/c1-11(2)13-8-9-15(14-13)10-12-6-4-3-5-7-12/h8-9,11-12H,3-7,10H2,1-2H3. The SMILES string of the molecule is CC(C)c1ccn(CC2CCCCC2)n1. The Morgan fingerprint density at radius 3 is 2.67 bits per heavy atom. The summed E-state index contributed by atoms with van der Waals surface area (Å²) in [6.45, 7) is 5.54. The van der Waals surface area contributed by atoms with Crippen molar-refractivity contribution in [2.24, 2.45) is 5.92 Å². The van der Waals surface area contributed by atoms with Crippen LogP contribution < -0.4 is 0 Å². The van der Waals surface area contributed by atoms with Gasteiger partial charge in [0.05, 0.1) is 5.69 Å². The molecule has 0 unspecified atom stereocenters. The van der Waals surface area contributed by atoms with Crippen LogP contribution in [0.5, 0.6) is 0 Å². The monoisotopic (exact) mass is 206 g/mol. The third-order valence-electron chi connectivity index (χ3n) is 3.42. The van der Waals surface area contributed by atoms with Gasteiger partial charge in [-0.1, -0.05) is 33.1 Å². The molecule has 1 saturated carbocycles. The van der Waals surface area contributed by atoms with Gasteiger partial charge in [0, 0.05) is 12.7 Å². The lowest BCUT2D eigenvalue weighted by Gasteiger charge is -2.21. The zero-order chi connectivity index (χ0) is 10.7. The molecule has 1 aromatic rings. The fourth-order valence-corrected chi connectivity index (χ4v) is 2.42. The predicted molar refractivity (Wildman–Crippen MR) is 62.9 cm³/mol. The summed E-state index contributed by atoms with van der Waals surface area (Å²) in [5.74, 6) is 1.43. The molecule has 15 heavy (non-hydrogen) atoms. The van der Waals surface area contributed by atoms with Crippen LogP contribution in [0.2, 0.25) is 0 Å². The van der Waals surface area contributed by atoms with Gasteiger partial charge in [0.25, 0.3) is 0 Å². The Morgan fingerprint density at radius 2 is 2.07 bits per heavy atom. The molecule has 0 amide bonds. The van der Waals surface area contributed by atoms with Crippen molar-refractivity contribution in [3.63, 3.8) is 0 Å². The first kappa shape index (κ1) is 10.7. The lowest BCUT2D eigenvalue weighted by Crippen LogP contribution is -2.14. The highest BCUT2D eigenvalue weighted by Crippen LogP contribution is 2.25. The van der Waals surface area contributed by atoms with E-state index in [1.165, 1.54) is 37.8 Å². The molecule has 2 nitrogen and oxygen atoms in total. The molecule has 2 rings (SSSR count). The van der Waals surface area contributed by atoms with E-state index in [2.05, 4.69) is 35.9 Å². The van der Waals surface area contributed by atoms with E-state index in [0.29, 0.717) is 5.92 Å². The van der Waals surface area contributed by atoms with Gasteiger partial charge < -0.3 is 0 Å². The zero-order valence-electron chi connectivity index (χ0n) is 9.95. The van der Waals surface area contributed by atoms with Crippen molar-refractivity contribution in [2.75, 3.05) is 0 Å². The van der Waals surface area contributed by atoms with Gasteiger partial charge >= 0.3 is 0 Å². The normalized spacial score (nSPS) is 18.6. The minimum atomic E-state index is 0.553. The average Bonchev–Trinajstić information content (AvgIpc) is 2.68. The molecule has 1 heterocycles. The number of hydrogen-bond acceptors (Lipinski definition) is 1. The maximum absolute atomic E-state index is 4.62. The summed E-state index contributed by atoms with van der Waals surface area (Å²) in [5, 5.41) is 4.62. The van der Waals surface area contributed by atoms with Crippen LogP contribution in [0, 0.1) is 5.92 Å². The second-order valence-electron chi connectivity index (χ2n) is 5.12. The maximum atomic E-state index is 4.62. The summed E-state index contributed by atoms with van der Waals surface area (Å²) < 4.78 is 2.14.